The number of carboxylic acids is 2. The second-order valence-electron chi connectivity index (χ2n) is 9.55. The van der Waals surface area contributed by atoms with Crippen LogP contribution in [0, 0.1) is 6.92 Å². The number of benzene rings is 1. The zero-order valence-corrected chi connectivity index (χ0v) is 22.6. The minimum absolute atomic E-state index is 0.0663. The van der Waals surface area contributed by atoms with Crippen LogP contribution in [0.25, 0.3) is 0 Å². The van der Waals surface area contributed by atoms with Gasteiger partial charge in [0.05, 0.1) is 12.2 Å². The Hall–Kier alpha value is -2.68. The lowest BCUT2D eigenvalue weighted by Crippen LogP contribution is -2.51. The van der Waals surface area contributed by atoms with Gasteiger partial charge in [0.25, 0.3) is 0 Å². The normalized spacial score (nSPS) is 20.5. The number of hydrogen-bond acceptors (Lipinski definition) is 6. The van der Waals surface area contributed by atoms with E-state index in [-0.39, 0.29) is 5.60 Å². The van der Waals surface area contributed by atoms with E-state index in [9.17, 15) is 26.3 Å². The van der Waals surface area contributed by atoms with Crippen molar-refractivity contribution < 1.29 is 50.9 Å². The summed E-state index contributed by atoms with van der Waals surface area (Å²) >= 11 is 1.87. The first-order chi connectivity index (χ1) is 18.6. The summed E-state index contributed by atoms with van der Waals surface area (Å²) in [5, 5.41) is 16.4. The molecular formula is C26H32F6N2O5S. The summed E-state index contributed by atoms with van der Waals surface area (Å²) < 4.78 is 69.9. The molecule has 2 saturated heterocycles. The maximum absolute atomic E-state index is 10.6. The van der Waals surface area contributed by atoms with Crippen LogP contribution in [0.2, 0.25) is 0 Å². The molecule has 0 amide bonds. The SMILES string of the molecule is Cc1cccc(CN2CCCC3(CC2)CN(Cc2cccs2)CCO3)c1.O=C(O)C(F)(F)F.O=C(O)C(F)(F)F. The highest BCUT2D eigenvalue weighted by Crippen LogP contribution is 2.31. The number of alkyl halides is 6. The predicted octanol–water partition coefficient (Wildman–Crippen LogP) is 5.58. The molecule has 40 heavy (non-hydrogen) atoms. The third-order valence-corrected chi connectivity index (χ3v) is 7.11. The second kappa shape index (κ2) is 14.8. The molecule has 3 heterocycles. The fourth-order valence-electron chi connectivity index (χ4n) is 4.43. The summed E-state index contributed by atoms with van der Waals surface area (Å²) in [4.78, 5) is 24.5. The van der Waals surface area contributed by atoms with Gasteiger partial charge >= 0.3 is 24.3 Å². The van der Waals surface area contributed by atoms with Gasteiger partial charge in [-0.05, 0) is 49.7 Å². The van der Waals surface area contributed by atoms with Crippen LogP contribution < -0.4 is 0 Å². The minimum Gasteiger partial charge on any atom is -0.475 e. The topological polar surface area (TPSA) is 90.3 Å². The van der Waals surface area contributed by atoms with Crippen LogP contribution in [-0.2, 0) is 27.4 Å². The van der Waals surface area contributed by atoms with E-state index in [0.29, 0.717) is 0 Å². The number of hydrogen-bond donors (Lipinski definition) is 2. The molecule has 2 aliphatic heterocycles. The third kappa shape index (κ3) is 11.8. The van der Waals surface area contributed by atoms with Crippen molar-refractivity contribution in [2.24, 2.45) is 0 Å². The van der Waals surface area contributed by atoms with Gasteiger partial charge in [-0.15, -0.1) is 11.3 Å². The van der Waals surface area contributed by atoms with Gasteiger partial charge in [0.2, 0.25) is 0 Å². The quantitative estimate of drug-likeness (QED) is 0.444. The van der Waals surface area contributed by atoms with E-state index in [4.69, 9.17) is 24.5 Å². The zero-order chi connectivity index (χ0) is 30.0. The smallest absolute Gasteiger partial charge is 0.475 e. The van der Waals surface area contributed by atoms with Crippen molar-refractivity contribution in [3.8, 4) is 0 Å². The fourth-order valence-corrected chi connectivity index (χ4v) is 5.18. The summed E-state index contributed by atoms with van der Waals surface area (Å²) in [6, 6.07) is 13.3. The minimum atomic E-state index is -5.08. The number of carboxylic acid groups (broad SMARTS) is 2. The number of ether oxygens (including phenoxy) is 1. The Balaban J connectivity index is 0.000000333. The van der Waals surface area contributed by atoms with E-state index < -0.39 is 24.3 Å². The number of aliphatic carboxylic acids is 2. The molecule has 14 heteroatoms. The third-order valence-electron chi connectivity index (χ3n) is 6.25. The van der Waals surface area contributed by atoms with Gasteiger partial charge in [-0.2, -0.15) is 26.3 Å². The fraction of sp³-hybridized carbons (Fsp3) is 0.538. The van der Waals surface area contributed by atoms with E-state index in [0.717, 1.165) is 45.8 Å². The van der Waals surface area contributed by atoms with Gasteiger partial charge < -0.3 is 14.9 Å². The number of carbonyl (C=O) groups is 2. The van der Waals surface area contributed by atoms with Gasteiger partial charge in [-0.3, -0.25) is 9.80 Å². The van der Waals surface area contributed by atoms with Crippen LogP contribution in [0.4, 0.5) is 26.3 Å². The summed E-state index contributed by atoms with van der Waals surface area (Å²) in [6.45, 7) is 9.68. The van der Waals surface area contributed by atoms with Crippen molar-refractivity contribution in [2.45, 2.75) is 57.2 Å². The second-order valence-corrected chi connectivity index (χ2v) is 10.6. The molecule has 0 bridgehead atoms. The van der Waals surface area contributed by atoms with Crippen molar-refractivity contribution in [1.82, 2.24) is 9.80 Å². The van der Waals surface area contributed by atoms with Crippen molar-refractivity contribution in [2.75, 3.05) is 32.8 Å². The molecule has 0 saturated carbocycles. The summed E-state index contributed by atoms with van der Waals surface area (Å²) in [6.07, 6.45) is -6.59. The Kier molecular flexibility index (Phi) is 12.4. The van der Waals surface area contributed by atoms with Crippen LogP contribution in [0.15, 0.2) is 41.8 Å². The van der Waals surface area contributed by atoms with Crippen LogP contribution in [0.5, 0.6) is 0 Å². The number of aryl methyl sites for hydroxylation is 1. The van der Waals surface area contributed by atoms with E-state index >= 15 is 0 Å². The number of nitrogens with zero attached hydrogens (tertiary/aromatic N) is 2. The van der Waals surface area contributed by atoms with Crippen LogP contribution in [0.1, 0.15) is 35.3 Å². The zero-order valence-electron chi connectivity index (χ0n) is 21.8. The predicted molar refractivity (Wildman–Crippen MR) is 136 cm³/mol. The molecule has 2 N–H and O–H groups in total. The molecule has 4 rings (SSSR count). The first-order valence-corrected chi connectivity index (χ1v) is 13.2. The van der Waals surface area contributed by atoms with Gasteiger partial charge in [0.15, 0.2) is 0 Å². The number of halogens is 6. The Morgan fingerprint density at radius 2 is 1.57 bits per heavy atom. The van der Waals surface area contributed by atoms with E-state index in [2.05, 4.69) is 58.5 Å². The summed E-state index contributed by atoms with van der Waals surface area (Å²) in [5.41, 5.74) is 2.86. The number of rotatable bonds is 4. The molecule has 1 unspecified atom stereocenters. The van der Waals surface area contributed by atoms with E-state index in [1.807, 2.05) is 11.3 Å². The van der Waals surface area contributed by atoms with Crippen molar-refractivity contribution in [3.63, 3.8) is 0 Å². The van der Waals surface area contributed by atoms with Gasteiger partial charge in [-0.1, -0.05) is 35.9 Å². The molecule has 7 nitrogen and oxygen atoms in total. The summed E-state index contributed by atoms with van der Waals surface area (Å²) in [7, 11) is 0. The molecular weight excluding hydrogens is 566 g/mol. The first-order valence-electron chi connectivity index (χ1n) is 12.4. The van der Waals surface area contributed by atoms with Crippen LogP contribution in [0.3, 0.4) is 0 Å². The molecule has 1 atom stereocenters. The van der Waals surface area contributed by atoms with Crippen molar-refractivity contribution in [3.05, 3.63) is 57.8 Å². The number of thiophene rings is 1. The molecule has 0 radical (unpaired) electrons. The van der Waals surface area contributed by atoms with E-state index in [1.165, 1.54) is 35.4 Å². The van der Waals surface area contributed by atoms with Crippen molar-refractivity contribution >= 4 is 23.3 Å². The molecule has 2 aromatic rings. The number of morpholine rings is 1. The lowest BCUT2D eigenvalue weighted by Gasteiger charge is -2.42. The Labute approximate surface area is 232 Å². The average molecular weight is 599 g/mol. The molecule has 1 spiro atoms. The van der Waals surface area contributed by atoms with Gasteiger partial charge in [0, 0.05) is 37.6 Å². The molecule has 1 aromatic heterocycles. The Morgan fingerprint density at radius 3 is 2.12 bits per heavy atom. The Morgan fingerprint density at radius 1 is 0.925 bits per heavy atom. The molecule has 0 aliphatic carbocycles. The monoisotopic (exact) mass is 598 g/mol. The lowest BCUT2D eigenvalue weighted by molar-refractivity contribution is -0.193. The molecule has 2 fully saturated rings. The van der Waals surface area contributed by atoms with Crippen molar-refractivity contribution in [1.29, 1.82) is 0 Å². The summed E-state index contributed by atoms with van der Waals surface area (Å²) in [5.74, 6) is -5.51. The molecule has 224 valence electrons. The first kappa shape index (κ1) is 33.5. The lowest BCUT2D eigenvalue weighted by atomic mass is 9.92. The number of likely N-dealkylation sites (tertiary alicyclic amines) is 1. The average Bonchev–Trinajstić information content (AvgIpc) is 3.28. The maximum Gasteiger partial charge on any atom is 0.490 e. The highest BCUT2D eigenvalue weighted by Gasteiger charge is 2.39. The molecule has 2 aliphatic rings. The van der Waals surface area contributed by atoms with Gasteiger partial charge in [0.1, 0.15) is 0 Å². The highest BCUT2D eigenvalue weighted by atomic mass is 32.1. The highest BCUT2D eigenvalue weighted by molar-refractivity contribution is 7.09. The molecule has 1 aromatic carbocycles. The van der Waals surface area contributed by atoms with E-state index in [1.54, 1.807) is 0 Å². The van der Waals surface area contributed by atoms with Gasteiger partial charge in [-0.25, -0.2) is 9.59 Å². The van der Waals surface area contributed by atoms with Crippen LogP contribution in [-0.4, -0.2) is 82.7 Å². The maximum atomic E-state index is 10.6. The standard InChI is InChI=1S/C22H30N2OS.2C2HF3O2/c1-19-5-2-6-20(15-19)16-23-10-4-8-22(9-11-23)18-24(12-13-25-22)17-21-7-3-14-26-21;2*3-2(4,5)1(6)7/h2-3,5-7,14-15H,4,8-13,16-18H2,1H3;2*(H,6,7). The Bertz CT molecular complexity index is 1060. The van der Waals surface area contributed by atoms with Crippen LogP contribution >= 0.6 is 11.3 Å². The largest absolute Gasteiger partial charge is 0.490 e.